The Morgan fingerprint density at radius 1 is 1.33 bits per heavy atom. The monoisotopic (exact) mass is 328 g/mol. The third-order valence-corrected chi connectivity index (χ3v) is 3.33. The summed E-state index contributed by atoms with van der Waals surface area (Å²) in [5.41, 5.74) is 2.11. The van der Waals surface area contributed by atoms with E-state index in [4.69, 9.17) is 4.74 Å². The number of aryl methyl sites for hydroxylation is 1. The topological polar surface area (TPSA) is 67.4 Å². The molecule has 1 aromatic heterocycles. The lowest BCUT2D eigenvalue weighted by Crippen LogP contribution is -2.25. The summed E-state index contributed by atoms with van der Waals surface area (Å²) >= 11 is 0. The van der Waals surface area contributed by atoms with Crippen LogP contribution in [0.15, 0.2) is 30.5 Å². The SMILES string of the molecule is Cc1nc(N(C)C)ncc1C(=O)NCc1cccc(OC(C)C)c1. The highest BCUT2D eigenvalue weighted by atomic mass is 16.5. The minimum absolute atomic E-state index is 0.116. The standard InChI is InChI=1S/C18H24N4O2/c1-12(2)24-15-8-6-7-14(9-15)10-19-17(23)16-11-20-18(22(4)5)21-13(16)3/h6-9,11-12H,10H2,1-5H3,(H,19,23). The molecule has 0 aliphatic carbocycles. The van der Waals surface area contributed by atoms with E-state index in [0.29, 0.717) is 23.8 Å². The molecule has 128 valence electrons. The Morgan fingerprint density at radius 3 is 2.71 bits per heavy atom. The molecule has 1 N–H and O–H groups in total. The van der Waals surface area contributed by atoms with Crippen molar-refractivity contribution in [1.29, 1.82) is 0 Å². The van der Waals surface area contributed by atoms with Gasteiger partial charge in [-0.25, -0.2) is 9.97 Å². The summed E-state index contributed by atoms with van der Waals surface area (Å²) in [6, 6.07) is 7.70. The van der Waals surface area contributed by atoms with E-state index in [2.05, 4.69) is 15.3 Å². The largest absolute Gasteiger partial charge is 0.491 e. The Morgan fingerprint density at radius 2 is 2.08 bits per heavy atom. The maximum absolute atomic E-state index is 12.3. The molecule has 1 amide bonds. The first-order valence-corrected chi connectivity index (χ1v) is 7.91. The minimum atomic E-state index is -0.187. The predicted octanol–water partition coefficient (Wildman–Crippen LogP) is 2.57. The number of rotatable bonds is 6. The van der Waals surface area contributed by atoms with Crippen molar-refractivity contribution in [3.05, 3.63) is 47.3 Å². The van der Waals surface area contributed by atoms with E-state index in [1.165, 1.54) is 0 Å². The van der Waals surface area contributed by atoms with Crippen LogP contribution in [0.4, 0.5) is 5.95 Å². The molecule has 0 bridgehead atoms. The fourth-order valence-corrected chi connectivity index (χ4v) is 2.17. The number of benzene rings is 1. The van der Waals surface area contributed by atoms with Gasteiger partial charge in [0.25, 0.3) is 5.91 Å². The lowest BCUT2D eigenvalue weighted by atomic mass is 10.2. The lowest BCUT2D eigenvalue weighted by Gasteiger charge is -2.13. The van der Waals surface area contributed by atoms with Crippen molar-refractivity contribution >= 4 is 11.9 Å². The summed E-state index contributed by atoms with van der Waals surface area (Å²) in [6.07, 6.45) is 1.68. The van der Waals surface area contributed by atoms with Crippen LogP contribution in [0.2, 0.25) is 0 Å². The molecule has 2 aromatic rings. The Bertz CT molecular complexity index is 714. The van der Waals surface area contributed by atoms with Crippen LogP contribution in [0.3, 0.4) is 0 Å². The Balaban J connectivity index is 2.03. The second-order valence-corrected chi connectivity index (χ2v) is 6.06. The van der Waals surface area contributed by atoms with E-state index in [1.54, 1.807) is 18.0 Å². The number of ether oxygens (including phenoxy) is 1. The predicted molar refractivity (Wildman–Crippen MR) is 94.5 cm³/mol. The highest BCUT2D eigenvalue weighted by molar-refractivity contribution is 5.94. The zero-order chi connectivity index (χ0) is 17.7. The van der Waals surface area contributed by atoms with Gasteiger partial charge in [-0.1, -0.05) is 12.1 Å². The summed E-state index contributed by atoms with van der Waals surface area (Å²) in [4.78, 5) is 22.7. The van der Waals surface area contributed by atoms with Crippen LogP contribution in [0.1, 0.15) is 35.5 Å². The number of hydrogen-bond donors (Lipinski definition) is 1. The van der Waals surface area contributed by atoms with Crippen molar-refractivity contribution in [1.82, 2.24) is 15.3 Å². The molecular formula is C18H24N4O2. The minimum Gasteiger partial charge on any atom is -0.491 e. The first-order valence-electron chi connectivity index (χ1n) is 7.91. The van der Waals surface area contributed by atoms with Crippen LogP contribution in [0, 0.1) is 6.92 Å². The summed E-state index contributed by atoms with van der Waals surface area (Å²) in [7, 11) is 3.72. The molecule has 0 atom stereocenters. The number of nitrogens with one attached hydrogen (secondary N) is 1. The second kappa shape index (κ2) is 7.77. The molecule has 0 aliphatic rings. The summed E-state index contributed by atoms with van der Waals surface area (Å²) in [5, 5.41) is 2.90. The number of hydrogen-bond acceptors (Lipinski definition) is 5. The Kier molecular flexibility index (Phi) is 5.73. The summed E-state index contributed by atoms with van der Waals surface area (Å²) in [5.74, 6) is 1.20. The number of nitrogens with zero attached hydrogens (tertiary/aromatic N) is 3. The molecule has 0 fully saturated rings. The van der Waals surface area contributed by atoms with Gasteiger partial charge in [-0.2, -0.15) is 0 Å². The number of carbonyl (C=O) groups is 1. The van der Waals surface area contributed by atoms with Gasteiger partial charge in [0, 0.05) is 26.8 Å². The van der Waals surface area contributed by atoms with Crippen molar-refractivity contribution in [3.63, 3.8) is 0 Å². The molecule has 0 radical (unpaired) electrons. The van der Waals surface area contributed by atoms with Crippen LogP contribution in [0.25, 0.3) is 0 Å². The van der Waals surface area contributed by atoms with Crippen molar-refractivity contribution < 1.29 is 9.53 Å². The van der Waals surface area contributed by atoms with E-state index in [1.807, 2.05) is 52.2 Å². The van der Waals surface area contributed by atoms with Crippen LogP contribution >= 0.6 is 0 Å². The highest BCUT2D eigenvalue weighted by Gasteiger charge is 2.12. The molecule has 1 aromatic carbocycles. The fraction of sp³-hybridized carbons (Fsp3) is 0.389. The maximum atomic E-state index is 12.3. The molecular weight excluding hydrogens is 304 g/mol. The van der Waals surface area contributed by atoms with Gasteiger partial charge < -0.3 is 15.0 Å². The van der Waals surface area contributed by atoms with E-state index >= 15 is 0 Å². The molecule has 6 nitrogen and oxygen atoms in total. The zero-order valence-electron chi connectivity index (χ0n) is 14.8. The number of aromatic nitrogens is 2. The van der Waals surface area contributed by atoms with Crippen molar-refractivity contribution in [2.45, 2.75) is 33.4 Å². The number of anilines is 1. The second-order valence-electron chi connectivity index (χ2n) is 6.06. The van der Waals surface area contributed by atoms with Gasteiger partial charge in [-0.15, -0.1) is 0 Å². The van der Waals surface area contributed by atoms with Crippen LogP contribution < -0.4 is 15.0 Å². The smallest absolute Gasteiger partial charge is 0.254 e. The maximum Gasteiger partial charge on any atom is 0.254 e. The van der Waals surface area contributed by atoms with Gasteiger partial charge in [-0.05, 0) is 38.5 Å². The third kappa shape index (κ3) is 4.68. The van der Waals surface area contributed by atoms with Gasteiger partial charge in [-0.3, -0.25) is 4.79 Å². The molecule has 1 heterocycles. The van der Waals surface area contributed by atoms with Gasteiger partial charge >= 0.3 is 0 Å². The van der Waals surface area contributed by atoms with Gasteiger partial charge in [0.15, 0.2) is 0 Å². The van der Waals surface area contributed by atoms with Gasteiger partial charge in [0.2, 0.25) is 5.95 Å². The molecule has 0 saturated carbocycles. The third-order valence-electron chi connectivity index (χ3n) is 3.33. The summed E-state index contributed by atoms with van der Waals surface area (Å²) in [6.45, 7) is 6.19. The van der Waals surface area contributed by atoms with E-state index in [0.717, 1.165) is 11.3 Å². The molecule has 2 rings (SSSR count). The zero-order valence-corrected chi connectivity index (χ0v) is 14.8. The molecule has 0 saturated heterocycles. The van der Waals surface area contributed by atoms with Crippen LogP contribution in [-0.2, 0) is 6.54 Å². The molecule has 0 unspecified atom stereocenters. The fourth-order valence-electron chi connectivity index (χ4n) is 2.17. The van der Waals surface area contributed by atoms with Crippen LogP contribution in [0.5, 0.6) is 5.75 Å². The van der Waals surface area contributed by atoms with E-state index < -0.39 is 0 Å². The first-order chi connectivity index (χ1) is 11.4. The molecule has 0 aliphatic heterocycles. The first kappa shape index (κ1) is 17.7. The number of amides is 1. The van der Waals surface area contributed by atoms with Crippen molar-refractivity contribution in [3.8, 4) is 5.75 Å². The molecule has 0 spiro atoms. The average molecular weight is 328 g/mol. The van der Waals surface area contributed by atoms with Gasteiger partial charge in [0.1, 0.15) is 5.75 Å². The van der Waals surface area contributed by atoms with Crippen molar-refractivity contribution in [2.75, 3.05) is 19.0 Å². The Labute approximate surface area is 142 Å². The van der Waals surface area contributed by atoms with Crippen molar-refractivity contribution in [2.24, 2.45) is 0 Å². The average Bonchev–Trinajstić information content (AvgIpc) is 2.52. The normalized spacial score (nSPS) is 10.6. The highest BCUT2D eigenvalue weighted by Crippen LogP contribution is 2.15. The van der Waals surface area contributed by atoms with Gasteiger partial charge in [0.05, 0.1) is 17.4 Å². The van der Waals surface area contributed by atoms with E-state index in [-0.39, 0.29) is 12.0 Å². The lowest BCUT2D eigenvalue weighted by molar-refractivity contribution is 0.0949. The summed E-state index contributed by atoms with van der Waals surface area (Å²) < 4.78 is 5.66. The molecule has 24 heavy (non-hydrogen) atoms. The number of carbonyl (C=O) groups excluding carboxylic acids is 1. The van der Waals surface area contributed by atoms with Crippen LogP contribution in [-0.4, -0.2) is 36.1 Å². The quantitative estimate of drug-likeness (QED) is 0.883. The Hall–Kier alpha value is -2.63. The van der Waals surface area contributed by atoms with E-state index in [9.17, 15) is 4.79 Å². The molecule has 6 heteroatoms.